The van der Waals surface area contributed by atoms with Gasteiger partial charge in [0.15, 0.2) is 0 Å². The van der Waals surface area contributed by atoms with Gasteiger partial charge in [0.25, 0.3) is 0 Å². The zero-order valence-corrected chi connectivity index (χ0v) is 8.86. The van der Waals surface area contributed by atoms with Crippen molar-refractivity contribution in [3.05, 3.63) is 11.8 Å². The van der Waals surface area contributed by atoms with E-state index in [-0.39, 0.29) is 0 Å². The normalized spacial score (nSPS) is 20.5. The molecule has 1 aromatic heterocycles. The van der Waals surface area contributed by atoms with Crippen LogP contribution in [0, 0.1) is 6.92 Å². The van der Waals surface area contributed by atoms with Gasteiger partial charge in [0.1, 0.15) is 5.82 Å². The number of rotatable bonds is 3. The molecule has 3 N–H and O–H groups in total. The first kappa shape index (κ1) is 10.2. The van der Waals surface area contributed by atoms with Crippen LogP contribution in [-0.2, 0) is 4.74 Å². The Morgan fingerprint density at radius 3 is 3.13 bits per heavy atom. The Bertz CT molecular complexity index is 316. The number of aromatic nitrogens is 2. The van der Waals surface area contributed by atoms with Gasteiger partial charge < -0.3 is 15.8 Å². The summed E-state index contributed by atoms with van der Waals surface area (Å²) in [6, 6.07) is 1.88. The van der Waals surface area contributed by atoms with Crippen LogP contribution in [0.5, 0.6) is 0 Å². The zero-order valence-electron chi connectivity index (χ0n) is 8.86. The molecule has 82 valence electrons. The lowest BCUT2D eigenvalue weighted by atomic mass is 10.2. The number of ether oxygens (including phenoxy) is 1. The van der Waals surface area contributed by atoms with Gasteiger partial charge in [-0.05, 0) is 19.8 Å². The number of nitrogens with zero attached hydrogens (tertiary/aromatic N) is 2. The summed E-state index contributed by atoms with van der Waals surface area (Å²) in [6.07, 6.45) is 2.57. The second-order valence-electron chi connectivity index (χ2n) is 3.77. The smallest absolute Gasteiger partial charge is 0.222 e. The summed E-state index contributed by atoms with van der Waals surface area (Å²) in [5.41, 5.74) is 6.42. The fourth-order valence-corrected chi connectivity index (χ4v) is 1.71. The Hall–Kier alpha value is -1.36. The number of hydrogen-bond acceptors (Lipinski definition) is 5. The number of nitrogen functional groups attached to an aromatic ring is 1. The number of aryl methyl sites for hydroxylation is 1. The molecule has 2 heterocycles. The van der Waals surface area contributed by atoms with Crippen LogP contribution >= 0.6 is 0 Å². The number of nitrogens with one attached hydrogen (secondary N) is 1. The van der Waals surface area contributed by atoms with Gasteiger partial charge in [0.2, 0.25) is 5.95 Å². The van der Waals surface area contributed by atoms with Gasteiger partial charge in [-0.25, -0.2) is 4.98 Å². The van der Waals surface area contributed by atoms with E-state index < -0.39 is 0 Å². The van der Waals surface area contributed by atoms with Crippen LogP contribution < -0.4 is 11.1 Å². The van der Waals surface area contributed by atoms with E-state index in [0.717, 1.165) is 37.5 Å². The van der Waals surface area contributed by atoms with Crippen LogP contribution in [0.15, 0.2) is 6.07 Å². The van der Waals surface area contributed by atoms with Gasteiger partial charge in [-0.3, -0.25) is 0 Å². The van der Waals surface area contributed by atoms with E-state index in [9.17, 15) is 0 Å². The molecule has 1 aliphatic rings. The molecule has 2 rings (SSSR count). The molecule has 0 saturated carbocycles. The highest BCUT2D eigenvalue weighted by Crippen LogP contribution is 2.13. The highest BCUT2D eigenvalue weighted by molar-refractivity contribution is 5.40. The van der Waals surface area contributed by atoms with E-state index >= 15 is 0 Å². The molecule has 5 nitrogen and oxygen atoms in total. The summed E-state index contributed by atoms with van der Waals surface area (Å²) in [7, 11) is 0. The third kappa shape index (κ3) is 2.79. The molecule has 1 atom stereocenters. The number of hydrogen-bond donors (Lipinski definition) is 2. The Labute approximate surface area is 89.1 Å². The van der Waals surface area contributed by atoms with Crippen molar-refractivity contribution in [3.8, 4) is 0 Å². The monoisotopic (exact) mass is 208 g/mol. The lowest BCUT2D eigenvalue weighted by molar-refractivity contribution is 0.120. The minimum atomic E-state index is 0.307. The van der Waals surface area contributed by atoms with E-state index in [2.05, 4.69) is 15.3 Å². The maximum atomic E-state index is 5.55. The van der Waals surface area contributed by atoms with Crippen molar-refractivity contribution < 1.29 is 4.74 Å². The topological polar surface area (TPSA) is 73.1 Å². The first-order valence-corrected chi connectivity index (χ1v) is 5.20. The molecule has 0 aliphatic carbocycles. The average Bonchev–Trinajstić information content (AvgIpc) is 2.65. The molecular weight excluding hydrogens is 192 g/mol. The summed E-state index contributed by atoms with van der Waals surface area (Å²) < 4.78 is 5.50. The predicted octanol–water partition coefficient (Wildman–Crippen LogP) is 0.958. The van der Waals surface area contributed by atoms with E-state index in [4.69, 9.17) is 10.5 Å². The van der Waals surface area contributed by atoms with E-state index in [1.807, 2.05) is 13.0 Å². The maximum Gasteiger partial charge on any atom is 0.222 e. The van der Waals surface area contributed by atoms with Crippen LogP contribution in [-0.4, -0.2) is 29.2 Å². The Balaban J connectivity index is 1.92. The molecule has 0 aromatic carbocycles. The van der Waals surface area contributed by atoms with Gasteiger partial charge in [0, 0.05) is 24.9 Å². The molecule has 1 fully saturated rings. The minimum absolute atomic E-state index is 0.307. The molecule has 0 spiro atoms. The third-order valence-corrected chi connectivity index (χ3v) is 2.41. The van der Waals surface area contributed by atoms with E-state index in [1.54, 1.807) is 0 Å². The van der Waals surface area contributed by atoms with Crippen molar-refractivity contribution in [2.45, 2.75) is 25.9 Å². The van der Waals surface area contributed by atoms with Crippen molar-refractivity contribution in [2.24, 2.45) is 0 Å². The Morgan fingerprint density at radius 1 is 1.60 bits per heavy atom. The second-order valence-corrected chi connectivity index (χ2v) is 3.77. The quantitative estimate of drug-likeness (QED) is 0.774. The maximum absolute atomic E-state index is 5.55. The van der Waals surface area contributed by atoms with Crippen LogP contribution in [0.2, 0.25) is 0 Å². The van der Waals surface area contributed by atoms with Crippen molar-refractivity contribution >= 4 is 11.8 Å². The largest absolute Gasteiger partial charge is 0.376 e. The molecule has 0 amide bonds. The average molecular weight is 208 g/mol. The Morgan fingerprint density at radius 2 is 2.47 bits per heavy atom. The summed E-state index contributed by atoms with van der Waals surface area (Å²) in [5, 5.41) is 3.21. The first-order chi connectivity index (χ1) is 7.24. The van der Waals surface area contributed by atoms with E-state index in [0.29, 0.717) is 12.1 Å². The second kappa shape index (κ2) is 4.44. The molecular formula is C10H16N4O. The van der Waals surface area contributed by atoms with Gasteiger partial charge in [-0.15, -0.1) is 0 Å². The van der Waals surface area contributed by atoms with Gasteiger partial charge in [-0.2, -0.15) is 4.98 Å². The predicted molar refractivity (Wildman–Crippen MR) is 58.6 cm³/mol. The van der Waals surface area contributed by atoms with Crippen molar-refractivity contribution in [3.63, 3.8) is 0 Å². The van der Waals surface area contributed by atoms with Crippen molar-refractivity contribution in [2.75, 3.05) is 24.2 Å². The molecule has 0 radical (unpaired) electrons. The summed E-state index contributed by atoms with van der Waals surface area (Å²) >= 11 is 0. The summed E-state index contributed by atoms with van der Waals surface area (Å²) in [4.78, 5) is 8.10. The molecule has 1 aromatic rings. The van der Waals surface area contributed by atoms with Crippen LogP contribution in [0.3, 0.4) is 0 Å². The standard InChI is InChI=1S/C10H16N4O/c1-7-5-9(14-10(11)13-7)12-6-8-3-2-4-15-8/h5,8H,2-4,6H2,1H3,(H3,11,12,13,14). The lowest BCUT2D eigenvalue weighted by Gasteiger charge is -2.11. The molecule has 1 saturated heterocycles. The zero-order chi connectivity index (χ0) is 10.7. The van der Waals surface area contributed by atoms with Gasteiger partial charge >= 0.3 is 0 Å². The van der Waals surface area contributed by atoms with Crippen LogP contribution in [0.25, 0.3) is 0 Å². The lowest BCUT2D eigenvalue weighted by Crippen LogP contribution is -2.19. The van der Waals surface area contributed by atoms with Crippen molar-refractivity contribution in [1.29, 1.82) is 0 Å². The first-order valence-electron chi connectivity index (χ1n) is 5.20. The molecule has 15 heavy (non-hydrogen) atoms. The molecule has 1 aliphatic heterocycles. The molecule has 1 unspecified atom stereocenters. The van der Waals surface area contributed by atoms with Crippen LogP contribution in [0.4, 0.5) is 11.8 Å². The van der Waals surface area contributed by atoms with Crippen LogP contribution in [0.1, 0.15) is 18.5 Å². The third-order valence-electron chi connectivity index (χ3n) is 2.41. The van der Waals surface area contributed by atoms with E-state index in [1.165, 1.54) is 0 Å². The Kier molecular flexibility index (Phi) is 3.01. The number of anilines is 2. The highest BCUT2D eigenvalue weighted by Gasteiger charge is 2.15. The highest BCUT2D eigenvalue weighted by atomic mass is 16.5. The molecule has 5 heteroatoms. The van der Waals surface area contributed by atoms with Gasteiger partial charge in [-0.1, -0.05) is 0 Å². The molecule has 0 bridgehead atoms. The fraction of sp³-hybridized carbons (Fsp3) is 0.600. The SMILES string of the molecule is Cc1cc(NCC2CCCO2)nc(N)n1. The van der Waals surface area contributed by atoms with Crippen molar-refractivity contribution in [1.82, 2.24) is 9.97 Å². The van der Waals surface area contributed by atoms with Gasteiger partial charge in [0.05, 0.1) is 6.10 Å². The summed E-state index contributed by atoms with van der Waals surface area (Å²) in [5.74, 6) is 1.08. The number of nitrogens with two attached hydrogens (primary N) is 1. The minimum Gasteiger partial charge on any atom is -0.376 e. The summed E-state index contributed by atoms with van der Waals surface area (Å²) in [6.45, 7) is 3.56. The fourth-order valence-electron chi connectivity index (χ4n) is 1.71.